The lowest BCUT2D eigenvalue weighted by atomic mass is 9.90. The molecular formula is C19H21NO3. The van der Waals surface area contributed by atoms with Crippen LogP contribution in [-0.4, -0.2) is 23.0 Å². The number of aliphatic carboxylic acids is 1. The third-order valence-electron chi connectivity index (χ3n) is 3.76. The van der Waals surface area contributed by atoms with Gasteiger partial charge in [-0.2, -0.15) is 0 Å². The lowest BCUT2D eigenvalue weighted by Crippen LogP contribution is -2.46. The van der Waals surface area contributed by atoms with Gasteiger partial charge >= 0.3 is 5.97 Å². The number of carbonyl (C=O) groups excluding carboxylic acids is 1. The molecule has 0 aliphatic rings. The van der Waals surface area contributed by atoms with Crippen molar-refractivity contribution in [3.63, 3.8) is 0 Å². The summed E-state index contributed by atoms with van der Waals surface area (Å²) in [4.78, 5) is 24.1. The van der Waals surface area contributed by atoms with E-state index < -0.39 is 17.9 Å². The molecule has 1 atom stereocenters. The highest BCUT2D eigenvalue weighted by atomic mass is 16.4. The van der Waals surface area contributed by atoms with Crippen molar-refractivity contribution in [3.05, 3.63) is 71.8 Å². The molecule has 2 aromatic carbocycles. The highest BCUT2D eigenvalue weighted by molar-refractivity contribution is 5.90. The van der Waals surface area contributed by atoms with Gasteiger partial charge in [0.1, 0.15) is 6.04 Å². The van der Waals surface area contributed by atoms with E-state index in [9.17, 15) is 14.7 Å². The van der Waals surface area contributed by atoms with Crippen LogP contribution in [0.4, 0.5) is 0 Å². The van der Waals surface area contributed by atoms with Crippen molar-refractivity contribution in [2.45, 2.75) is 25.8 Å². The number of nitrogens with one attached hydrogen (secondary N) is 1. The van der Waals surface area contributed by atoms with Crippen LogP contribution in [0.5, 0.6) is 0 Å². The number of carboxylic acids is 1. The van der Waals surface area contributed by atoms with Crippen LogP contribution < -0.4 is 5.32 Å². The molecule has 4 nitrogen and oxygen atoms in total. The van der Waals surface area contributed by atoms with Crippen molar-refractivity contribution in [2.24, 2.45) is 5.92 Å². The van der Waals surface area contributed by atoms with E-state index in [1.165, 1.54) is 0 Å². The molecular weight excluding hydrogens is 290 g/mol. The van der Waals surface area contributed by atoms with Crippen LogP contribution in [0.2, 0.25) is 0 Å². The number of carboxylic acid groups (broad SMARTS) is 1. The molecule has 0 radical (unpaired) electrons. The predicted octanol–water partition coefficient (Wildman–Crippen LogP) is 3.04. The Morgan fingerprint density at radius 2 is 1.30 bits per heavy atom. The van der Waals surface area contributed by atoms with Gasteiger partial charge in [-0.1, -0.05) is 74.5 Å². The number of hydrogen-bond acceptors (Lipinski definition) is 2. The smallest absolute Gasteiger partial charge is 0.326 e. The molecule has 0 saturated heterocycles. The molecule has 0 aromatic heterocycles. The maximum atomic E-state index is 12.8. The lowest BCUT2D eigenvalue weighted by molar-refractivity contribution is -0.143. The van der Waals surface area contributed by atoms with Crippen molar-refractivity contribution in [1.82, 2.24) is 5.32 Å². The largest absolute Gasteiger partial charge is 0.480 e. The third-order valence-corrected chi connectivity index (χ3v) is 3.76. The molecule has 120 valence electrons. The van der Waals surface area contributed by atoms with Gasteiger partial charge in [0.05, 0.1) is 5.92 Å². The second-order valence-corrected chi connectivity index (χ2v) is 5.82. The minimum Gasteiger partial charge on any atom is -0.480 e. The van der Waals surface area contributed by atoms with Crippen molar-refractivity contribution >= 4 is 11.9 Å². The van der Waals surface area contributed by atoms with Crippen molar-refractivity contribution in [3.8, 4) is 0 Å². The molecule has 0 unspecified atom stereocenters. The van der Waals surface area contributed by atoms with Gasteiger partial charge in [-0.15, -0.1) is 0 Å². The summed E-state index contributed by atoms with van der Waals surface area (Å²) in [6.07, 6.45) is 0. The molecule has 0 heterocycles. The number of carbonyl (C=O) groups is 2. The van der Waals surface area contributed by atoms with Gasteiger partial charge in [-0.3, -0.25) is 4.79 Å². The van der Waals surface area contributed by atoms with E-state index in [4.69, 9.17) is 0 Å². The molecule has 2 rings (SSSR count). The summed E-state index contributed by atoms with van der Waals surface area (Å²) >= 11 is 0. The quantitative estimate of drug-likeness (QED) is 0.861. The Balaban J connectivity index is 2.34. The van der Waals surface area contributed by atoms with Crippen molar-refractivity contribution in [2.75, 3.05) is 0 Å². The van der Waals surface area contributed by atoms with Gasteiger partial charge in [0, 0.05) is 0 Å². The molecule has 0 aliphatic heterocycles. The first kappa shape index (κ1) is 16.7. The van der Waals surface area contributed by atoms with Gasteiger partial charge < -0.3 is 10.4 Å². The van der Waals surface area contributed by atoms with Crippen LogP contribution in [0.3, 0.4) is 0 Å². The number of benzene rings is 2. The maximum Gasteiger partial charge on any atom is 0.326 e. The summed E-state index contributed by atoms with van der Waals surface area (Å²) in [5.74, 6) is -2.04. The molecule has 4 heteroatoms. The number of rotatable bonds is 6. The third kappa shape index (κ3) is 4.19. The van der Waals surface area contributed by atoms with E-state index in [0.717, 1.165) is 11.1 Å². The first-order valence-corrected chi connectivity index (χ1v) is 7.63. The topological polar surface area (TPSA) is 66.4 Å². The molecule has 0 bridgehead atoms. The summed E-state index contributed by atoms with van der Waals surface area (Å²) in [6, 6.07) is 17.9. The second kappa shape index (κ2) is 7.58. The molecule has 1 amide bonds. The molecule has 0 fully saturated rings. The average molecular weight is 311 g/mol. The molecule has 0 aliphatic carbocycles. The van der Waals surface area contributed by atoms with E-state index in [-0.39, 0.29) is 11.8 Å². The van der Waals surface area contributed by atoms with Gasteiger partial charge in [0.2, 0.25) is 5.91 Å². The maximum absolute atomic E-state index is 12.8. The Morgan fingerprint density at radius 3 is 1.65 bits per heavy atom. The molecule has 23 heavy (non-hydrogen) atoms. The zero-order valence-corrected chi connectivity index (χ0v) is 13.3. The van der Waals surface area contributed by atoms with Crippen LogP contribution in [0.25, 0.3) is 0 Å². The SMILES string of the molecule is CC(C)[C@@H](NC(=O)C(c1ccccc1)c1ccccc1)C(=O)O. The van der Waals surface area contributed by atoms with Crippen LogP contribution in [0.15, 0.2) is 60.7 Å². The lowest BCUT2D eigenvalue weighted by Gasteiger charge is -2.23. The van der Waals surface area contributed by atoms with Crippen molar-refractivity contribution < 1.29 is 14.7 Å². The fourth-order valence-corrected chi connectivity index (χ4v) is 2.54. The molecule has 2 N–H and O–H groups in total. The van der Waals surface area contributed by atoms with Crippen LogP contribution in [-0.2, 0) is 9.59 Å². The van der Waals surface area contributed by atoms with Gasteiger partial charge in [-0.25, -0.2) is 4.79 Å². The highest BCUT2D eigenvalue weighted by Gasteiger charge is 2.29. The Hall–Kier alpha value is -2.62. The monoisotopic (exact) mass is 311 g/mol. The summed E-state index contributed by atoms with van der Waals surface area (Å²) in [5, 5.41) is 12.0. The van der Waals surface area contributed by atoms with E-state index in [2.05, 4.69) is 5.32 Å². The standard InChI is InChI=1S/C19H21NO3/c1-13(2)17(19(22)23)20-18(21)16(14-9-5-3-6-10-14)15-11-7-4-8-12-15/h3-13,16-17H,1-2H3,(H,20,21)(H,22,23)/t17-/m1/s1. The van der Waals surface area contributed by atoms with Gasteiger partial charge in [0.15, 0.2) is 0 Å². The van der Waals surface area contributed by atoms with Gasteiger partial charge in [0.25, 0.3) is 0 Å². The van der Waals surface area contributed by atoms with Crippen LogP contribution in [0.1, 0.15) is 30.9 Å². The predicted molar refractivity (Wildman–Crippen MR) is 89.1 cm³/mol. The summed E-state index contributed by atoms with van der Waals surface area (Å²) in [6.45, 7) is 3.55. The molecule has 0 saturated carbocycles. The Kier molecular flexibility index (Phi) is 5.52. The summed E-state index contributed by atoms with van der Waals surface area (Å²) in [5.41, 5.74) is 1.67. The highest BCUT2D eigenvalue weighted by Crippen LogP contribution is 2.25. The first-order chi connectivity index (χ1) is 11.0. The second-order valence-electron chi connectivity index (χ2n) is 5.82. The van der Waals surface area contributed by atoms with Crippen LogP contribution >= 0.6 is 0 Å². The summed E-state index contributed by atoms with van der Waals surface area (Å²) in [7, 11) is 0. The zero-order valence-electron chi connectivity index (χ0n) is 13.3. The molecule has 0 spiro atoms. The normalized spacial score (nSPS) is 12.2. The number of amides is 1. The van der Waals surface area contributed by atoms with Crippen LogP contribution in [0, 0.1) is 5.92 Å². The van der Waals surface area contributed by atoms with Gasteiger partial charge in [-0.05, 0) is 17.0 Å². The first-order valence-electron chi connectivity index (χ1n) is 7.63. The fourth-order valence-electron chi connectivity index (χ4n) is 2.54. The van der Waals surface area contributed by atoms with E-state index in [1.807, 2.05) is 60.7 Å². The molecule has 2 aromatic rings. The Labute approximate surface area is 136 Å². The minimum absolute atomic E-state index is 0.191. The average Bonchev–Trinajstić information content (AvgIpc) is 2.54. The minimum atomic E-state index is -1.02. The Morgan fingerprint density at radius 1 is 0.870 bits per heavy atom. The van der Waals surface area contributed by atoms with E-state index in [0.29, 0.717) is 0 Å². The summed E-state index contributed by atoms with van der Waals surface area (Å²) < 4.78 is 0. The van der Waals surface area contributed by atoms with E-state index in [1.54, 1.807) is 13.8 Å². The zero-order chi connectivity index (χ0) is 16.8. The van der Waals surface area contributed by atoms with E-state index >= 15 is 0 Å². The van der Waals surface area contributed by atoms with Crippen molar-refractivity contribution in [1.29, 1.82) is 0 Å². The Bertz CT molecular complexity index is 613. The number of hydrogen-bond donors (Lipinski definition) is 2. The fraction of sp³-hybridized carbons (Fsp3) is 0.263.